The first-order valence-electron chi connectivity index (χ1n) is 7.64. The number of amides is 1. The third-order valence-electron chi connectivity index (χ3n) is 4.01. The van der Waals surface area contributed by atoms with Crippen LogP contribution in [0.2, 0.25) is 0 Å². The molecule has 1 aliphatic rings. The zero-order chi connectivity index (χ0) is 15.7. The van der Waals surface area contributed by atoms with Gasteiger partial charge in [0.25, 0.3) is 0 Å². The second-order valence-corrected chi connectivity index (χ2v) is 5.97. The SMILES string of the molecule is C=C(CNC(=O)C1CC1)/N=C(\C)c1cc2c(C)cccc2[nH]1. The molecule has 0 aliphatic heterocycles. The number of fused-ring (bicyclic) bond motifs is 1. The van der Waals surface area contributed by atoms with Crippen LogP contribution in [-0.4, -0.2) is 23.1 Å². The number of aromatic nitrogens is 1. The Morgan fingerprint density at radius 1 is 1.45 bits per heavy atom. The number of aliphatic imine (C=N–C) groups is 1. The minimum absolute atomic E-state index is 0.121. The molecular formula is C18H21N3O. The maximum atomic E-state index is 11.6. The number of nitrogens with zero attached hydrogens (tertiary/aromatic N) is 1. The molecule has 0 radical (unpaired) electrons. The number of benzene rings is 1. The summed E-state index contributed by atoms with van der Waals surface area (Å²) in [5.74, 6) is 0.338. The first kappa shape index (κ1) is 14.6. The van der Waals surface area contributed by atoms with Crippen molar-refractivity contribution in [3.05, 3.63) is 47.8 Å². The van der Waals surface area contributed by atoms with Crippen LogP contribution < -0.4 is 5.32 Å². The molecule has 0 unspecified atom stereocenters. The smallest absolute Gasteiger partial charge is 0.223 e. The monoisotopic (exact) mass is 295 g/mol. The van der Waals surface area contributed by atoms with Crippen molar-refractivity contribution >= 4 is 22.5 Å². The molecule has 0 spiro atoms. The number of rotatable bonds is 5. The summed E-state index contributed by atoms with van der Waals surface area (Å²) < 4.78 is 0. The molecule has 2 aromatic rings. The van der Waals surface area contributed by atoms with Gasteiger partial charge in [0, 0.05) is 16.8 Å². The number of H-pyrrole nitrogens is 1. The minimum Gasteiger partial charge on any atom is -0.354 e. The van der Waals surface area contributed by atoms with Gasteiger partial charge in [0.05, 0.1) is 23.6 Å². The van der Waals surface area contributed by atoms with Crippen molar-refractivity contribution in [2.75, 3.05) is 6.54 Å². The average Bonchev–Trinajstić information content (AvgIpc) is 3.24. The Morgan fingerprint density at radius 2 is 2.23 bits per heavy atom. The van der Waals surface area contributed by atoms with E-state index in [1.807, 2.05) is 13.0 Å². The van der Waals surface area contributed by atoms with Gasteiger partial charge in [-0.2, -0.15) is 0 Å². The molecule has 4 nitrogen and oxygen atoms in total. The molecule has 2 N–H and O–H groups in total. The van der Waals surface area contributed by atoms with Gasteiger partial charge in [0.1, 0.15) is 0 Å². The summed E-state index contributed by atoms with van der Waals surface area (Å²) in [7, 11) is 0. The molecule has 1 aliphatic carbocycles. The third kappa shape index (κ3) is 3.11. The van der Waals surface area contributed by atoms with E-state index in [1.165, 1.54) is 10.9 Å². The molecule has 1 amide bonds. The Hall–Kier alpha value is -2.36. The fourth-order valence-corrected chi connectivity index (χ4v) is 2.52. The van der Waals surface area contributed by atoms with Crippen LogP contribution in [0.15, 0.2) is 41.5 Å². The molecule has 1 heterocycles. The summed E-state index contributed by atoms with van der Waals surface area (Å²) in [6.45, 7) is 8.38. The van der Waals surface area contributed by atoms with Crippen molar-refractivity contribution < 1.29 is 4.79 Å². The van der Waals surface area contributed by atoms with Crippen LogP contribution in [0.5, 0.6) is 0 Å². The first-order valence-corrected chi connectivity index (χ1v) is 7.64. The molecule has 3 rings (SSSR count). The molecule has 0 saturated heterocycles. The maximum absolute atomic E-state index is 11.6. The summed E-state index contributed by atoms with van der Waals surface area (Å²) in [4.78, 5) is 19.5. The Balaban J connectivity index is 1.70. The quantitative estimate of drug-likeness (QED) is 0.817. The standard InChI is InChI=1S/C18H21N3O/c1-11-5-4-6-16-15(11)9-17(21-16)13(3)20-12(2)10-19-18(22)14-7-8-14/h4-6,9,14,21H,2,7-8,10H2,1,3H3,(H,19,22)/b20-13+. The van der Waals surface area contributed by atoms with Gasteiger partial charge in [-0.15, -0.1) is 0 Å². The highest BCUT2D eigenvalue weighted by atomic mass is 16.2. The largest absolute Gasteiger partial charge is 0.354 e. The van der Waals surface area contributed by atoms with Crippen molar-refractivity contribution in [1.82, 2.24) is 10.3 Å². The summed E-state index contributed by atoms with van der Waals surface area (Å²) in [5.41, 5.74) is 4.88. The van der Waals surface area contributed by atoms with Gasteiger partial charge < -0.3 is 10.3 Å². The van der Waals surface area contributed by atoms with Crippen LogP contribution in [0, 0.1) is 12.8 Å². The molecular weight excluding hydrogens is 274 g/mol. The van der Waals surface area contributed by atoms with E-state index in [1.54, 1.807) is 0 Å². The molecule has 1 fully saturated rings. The van der Waals surface area contributed by atoms with E-state index in [2.05, 4.69) is 47.0 Å². The van der Waals surface area contributed by atoms with Crippen LogP contribution in [0.25, 0.3) is 10.9 Å². The Kier molecular flexibility index (Phi) is 3.84. The van der Waals surface area contributed by atoms with Crippen LogP contribution in [0.1, 0.15) is 31.0 Å². The maximum Gasteiger partial charge on any atom is 0.223 e. The van der Waals surface area contributed by atoms with Crippen LogP contribution >= 0.6 is 0 Å². The number of hydrogen-bond acceptors (Lipinski definition) is 2. The van der Waals surface area contributed by atoms with E-state index in [0.29, 0.717) is 12.2 Å². The number of aryl methyl sites for hydroxylation is 1. The van der Waals surface area contributed by atoms with Gasteiger partial charge in [0.15, 0.2) is 0 Å². The Morgan fingerprint density at radius 3 is 2.91 bits per heavy atom. The highest BCUT2D eigenvalue weighted by Gasteiger charge is 2.29. The number of carbonyl (C=O) groups is 1. The van der Waals surface area contributed by atoms with E-state index in [0.717, 1.165) is 29.8 Å². The zero-order valence-electron chi connectivity index (χ0n) is 13.1. The summed E-state index contributed by atoms with van der Waals surface area (Å²) in [6.07, 6.45) is 2.02. The van der Waals surface area contributed by atoms with Gasteiger partial charge >= 0.3 is 0 Å². The van der Waals surface area contributed by atoms with E-state index in [9.17, 15) is 4.79 Å². The van der Waals surface area contributed by atoms with E-state index >= 15 is 0 Å². The Labute approximate surface area is 130 Å². The molecule has 1 saturated carbocycles. The highest BCUT2D eigenvalue weighted by Crippen LogP contribution is 2.28. The lowest BCUT2D eigenvalue weighted by Gasteiger charge is -2.04. The van der Waals surface area contributed by atoms with E-state index in [4.69, 9.17) is 0 Å². The second kappa shape index (κ2) is 5.79. The van der Waals surface area contributed by atoms with Gasteiger partial charge in [-0.25, -0.2) is 0 Å². The van der Waals surface area contributed by atoms with Gasteiger partial charge in [-0.05, 0) is 44.4 Å². The summed E-state index contributed by atoms with van der Waals surface area (Å²) in [5, 5.41) is 4.09. The highest BCUT2D eigenvalue weighted by molar-refractivity contribution is 6.02. The van der Waals surface area contributed by atoms with Crippen molar-refractivity contribution in [2.24, 2.45) is 10.9 Å². The van der Waals surface area contributed by atoms with Crippen molar-refractivity contribution in [1.29, 1.82) is 0 Å². The Bertz CT molecular complexity index is 766. The van der Waals surface area contributed by atoms with Crippen LogP contribution in [-0.2, 0) is 4.79 Å². The fourth-order valence-electron chi connectivity index (χ4n) is 2.52. The molecule has 0 atom stereocenters. The number of nitrogens with one attached hydrogen (secondary N) is 2. The van der Waals surface area contributed by atoms with Crippen molar-refractivity contribution in [3.63, 3.8) is 0 Å². The van der Waals surface area contributed by atoms with E-state index in [-0.39, 0.29) is 11.8 Å². The summed E-state index contributed by atoms with van der Waals surface area (Å²) in [6, 6.07) is 8.30. The normalized spacial score (nSPS) is 15.1. The molecule has 114 valence electrons. The van der Waals surface area contributed by atoms with Gasteiger partial charge in [0.2, 0.25) is 5.91 Å². The summed E-state index contributed by atoms with van der Waals surface area (Å²) >= 11 is 0. The molecule has 4 heteroatoms. The third-order valence-corrected chi connectivity index (χ3v) is 4.01. The second-order valence-electron chi connectivity index (χ2n) is 5.97. The molecule has 1 aromatic carbocycles. The molecule has 0 bridgehead atoms. The average molecular weight is 295 g/mol. The van der Waals surface area contributed by atoms with Crippen molar-refractivity contribution in [2.45, 2.75) is 26.7 Å². The minimum atomic E-state index is 0.121. The molecule has 1 aromatic heterocycles. The predicted molar refractivity (Wildman–Crippen MR) is 90.1 cm³/mol. The van der Waals surface area contributed by atoms with Crippen LogP contribution in [0.4, 0.5) is 0 Å². The first-order chi connectivity index (χ1) is 10.5. The van der Waals surface area contributed by atoms with Crippen LogP contribution in [0.3, 0.4) is 0 Å². The predicted octanol–water partition coefficient (Wildman–Crippen LogP) is 3.33. The fraction of sp³-hybridized carbons (Fsp3) is 0.333. The number of aromatic amines is 1. The number of hydrogen-bond donors (Lipinski definition) is 2. The van der Waals surface area contributed by atoms with Gasteiger partial charge in [-0.3, -0.25) is 9.79 Å². The lowest BCUT2D eigenvalue weighted by atomic mass is 10.1. The lowest BCUT2D eigenvalue weighted by molar-refractivity contribution is -0.122. The van der Waals surface area contributed by atoms with Gasteiger partial charge in [-0.1, -0.05) is 18.7 Å². The number of carbonyl (C=O) groups excluding carboxylic acids is 1. The topological polar surface area (TPSA) is 57.2 Å². The van der Waals surface area contributed by atoms with E-state index < -0.39 is 0 Å². The zero-order valence-corrected chi connectivity index (χ0v) is 13.1. The molecule has 22 heavy (non-hydrogen) atoms. The van der Waals surface area contributed by atoms with Crippen molar-refractivity contribution in [3.8, 4) is 0 Å². The lowest BCUT2D eigenvalue weighted by Crippen LogP contribution is -2.26.